The molecular weight excluding hydrogens is 468 g/mol. The summed E-state index contributed by atoms with van der Waals surface area (Å²) in [5.74, 6) is -0.348. The molecule has 0 radical (unpaired) electrons. The van der Waals surface area contributed by atoms with E-state index in [2.05, 4.69) is 0 Å². The highest BCUT2D eigenvalue weighted by Gasteiger charge is 2.38. The summed E-state index contributed by atoms with van der Waals surface area (Å²) in [4.78, 5) is 21.5. The maximum atomic E-state index is 13.0. The predicted octanol–water partition coefficient (Wildman–Crippen LogP) is 5.56. The van der Waals surface area contributed by atoms with Gasteiger partial charge in [-0.1, -0.05) is 31.2 Å². The van der Waals surface area contributed by atoms with Gasteiger partial charge < -0.3 is 23.9 Å². The topological polar surface area (TPSA) is 65.1 Å². The van der Waals surface area contributed by atoms with Crippen molar-refractivity contribution >= 4 is 18.4 Å². The van der Waals surface area contributed by atoms with Gasteiger partial charge in [-0.3, -0.25) is 4.79 Å². The Labute approximate surface area is 209 Å². The second kappa shape index (κ2) is 12.4. The number of methoxy groups -OCH3 is 1. The van der Waals surface area contributed by atoms with E-state index in [0.29, 0.717) is 19.6 Å². The van der Waals surface area contributed by atoms with Crippen molar-refractivity contribution in [3.8, 4) is 5.75 Å². The van der Waals surface area contributed by atoms with Crippen LogP contribution in [-0.4, -0.2) is 33.0 Å². The summed E-state index contributed by atoms with van der Waals surface area (Å²) in [5, 5.41) is 0. The molecule has 2 aliphatic heterocycles. The van der Waals surface area contributed by atoms with E-state index in [-0.39, 0.29) is 23.6 Å². The van der Waals surface area contributed by atoms with Crippen molar-refractivity contribution < 1.29 is 32.6 Å². The van der Waals surface area contributed by atoms with Gasteiger partial charge in [0.05, 0.1) is 32.8 Å². The van der Waals surface area contributed by atoms with E-state index in [0.717, 1.165) is 29.0 Å². The zero-order valence-corrected chi connectivity index (χ0v) is 20.3. The van der Waals surface area contributed by atoms with Gasteiger partial charge in [0.2, 0.25) is 5.91 Å². The molecule has 6 nitrogen and oxygen atoms in total. The molecule has 1 unspecified atom stereocenters. The summed E-state index contributed by atoms with van der Waals surface area (Å²) in [7, 11) is 1.62. The van der Waals surface area contributed by atoms with Crippen molar-refractivity contribution in [1.82, 2.24) is 0 Å². The van der Waals surface area contributed by atoms with Gasteiger partial charge in [-0.15, -0.1) is 0 Å². The molecule has 3 aromatic carbocycles. The van der Waals surface area contributed by atoms with Crippen LogP contribution in [0.5, 0.6) is 5.75 Å². The van der Waals surface area contributed by atoms with E-state index in [9.17, 15) is 13.6 Å². The van der Waals surface area contributed by atoms with E-state index in [1.807, 2.05) is 38.0 Å². The van der Waals surface area contributed by atoms with Gasteiger partial charge >= 0.3 is 0 Å². The van der Waals surface area contributed by atoms with Gasteiger partial charge in [-0.25, -0.2) is 8.78 Å². The highest BCUT2D eigenvalue weighted by atomic mass is 19.1. The third kappa shape index (κ3) is 5.95. The van der Waals surface area contributed by atoms with E-state index in [1.54, 1.807) is 36.3 Å². The second-order valence-electron chi connectivity index (χ2n) is 8.04. The first-order valence-electron chi connectivity index (χ1n) is 11.5. The molecule has 0 spiro atoms. The van der Waals surface area contributed by atoms with Crippen molar-refractivity contribution in [3.05, 3.63) is 95.6 Å². The van der Waals surface area contributed by atoms with Gasteiger partial charge in [0.25, 0.3) is 0 Å². The number of nitrogens with zero attached hydrogens (tertiary/aromatic N) is 1. The summed E-state index contributed by atoms with van der Waals surface area (Å²) < 4.78 is 41.9. The first-order chi connectivity index (χ1) is 17.5. The number of amides is 1. The molecule has 2 aliphatic rings. The molecule has 0 aliphatic carbocycles. The Bertz CT molecular complexity index is 1110. The van der Waals surface area contributed by atoms with Gasteiger partial charge in [0, 0.05) is 17.7 Å². The van der Waals surface area contributed by atoms with Crippen LogP contribution in [0.3, 0.4) is 0 Å². The van der Waals surface area contributed by atoms with Gasteiger partial charge in [0.15, 0.2) is 5.79 Å². The second-order valence-corrected chi connectivity index (χ2v) is 8.04. The summed E-state index contributed by atoms with van der Waals surface area (Å²) in [6.45, 7) is 5.20. The molecular formula is C28H29F2NO5. The van der Waals surface area contributed by atoms with Crippen molar-refractivity contribution in [1.29, 1.82) is 0 Å². The SMILES string of the molecule is C=O.CCC1(c2ccc(F)cc2)OCCO1.COc1ccc(C2CC(=O)N2c2ccc(F)cc2)cc1. The molecule has 5 rings (SSSR count). The van der Waals surface area contributed by atoms with Crippen molar-refractivity contribution in [2.75, 3.05) is 25.2 Å². The Balaban J connectivity index is 0.000000198. The number of anilines is 1. The lowest BCUT2D eigenvalue weighted by atomic mass is 9.93. The van der Waals surface area contributed by atoms with E-state index < -0.39 is 5.79 Å². The van der Waals surface area contributed by atoms with Crippen LogP contribution >= 0.6 is 0 Å². The van der Waals surface area contributed by atoms with Gasteiger partial charge in [0.1, 0.15) is 24.2 Å². The van der Waals surface area contributed by atoms with Crippen LogP contribution in [0.15, 0.2) is 72.8 Å². The Hall–Kier alpha value is -3.62. The summed E-state index contributed by atoms with van der Waals surface area (Å²) in [5.41, 5.74) is 2.66. The standard InChI is InChI=1S/C16H14FNO2.C11H13FO2.CH2O/c1-20-14-8-2-11(3-9-14)15-10-16(19)18(15)13-6-4-12(17)5-7-13;1-2-11(13-7-8-14-11)9-3-5-10(12)6-4-9;1-2/h2-9,15H,10H2,1H3;3-6H,2,7-8H2,1H3;1H2. The number of hydrogen-bond acceptors (Lipinski definition) is 5. The Morgan fingerprint density at radius 1 is 0.917 bits per heavy atom. The number of halogens is 2. The summed E-state index contributed by atoms with van der Waals surface area (Å²) in [6, 6.07) is 19.9. The number of benzene rings is 3. The highest BCUT2D eigenvalue weighted by molar-refractivity contribution is 6.01. The van der Waals surface area contributed by atoms with Crippen LogP contribution in [-0.2, 0) is 24.8 Å². The molecule has 0 bridgehead atoms. The Morgan fingerprint density at radius 2 is 1.44 bits per heavy atom. The molecule has 2 saturated heterocycles. The molecule has 0 N–H and O–H groups in total. The smallest absolute Gasteiger partial charge is 0.230 e. The molecule has 2 fully saturated rings. The average molecular weight is 498 g/mol. The molecule has 8 heteroatoms. The highest BCUT2D eigenvalue weighted by Crippen LogP contribution is 2.39. The van der Waals surface area contributed by atoms with Crippen LogP contribution in [0.1, 0.15) is 36.9 Å². The molecule has 1 atom stereocenters. The third-order valence-electron chi connectivity index (χ3n) is 6.06. The van der Waals surface area contributed by atoms with Crippen LogP contribution < -0.4 is 9.64 Å². The molecule has 1 amide bonds. The predicted molar refractivity (Wildman–Crippen MR) is 132 cm³/mol. The first-order valence-corrected chi connectivity index (χ1v) is 11.5. The third-order valence-corrected chi connectivity index (χ3v) is 6.06. The molecule has 36 heavy (non-hydrogen) atoms. The molecule has 0 saturated carbocycles. The van der Waals surface area contributed by atoms with E-state index in [1.165, 1.54) is 24.3 Å². The Kier molecular flexibility index (Phi) is 9.27. The van der Waals surface area contributed by atoms with E-state index >= 15 is 0 Å². The normalized spacial score (nSPS) is 17.7. The van der Waals surface area contributed by atoms with Crippen LogP contribution in [0.25, 0.3) is 0 Å². The number of hydrogen-bond donors (Lipinski definition) is 0. The number of β-lactam (4-membered cyclic amide) rings is 1. The maximum absolute atomic E-state index is 13.0. The zero-order valence-electron chi connectivity index (χ0n) is 20.3. The fourth-order valence-electron chi connectivity index (χ4n) is 4.17. The first kappa shape index (κ1) is 27.0. The zero-order chi connectivity index (χ0) is 26.1. The van der Waals surface area contributed by atoms with E-state index in [4.69, 9.17) is 19.0 Å². The monoisotopic (exact) mass is 497 g/mol. The summed E-state index contributed by atoms with van der Waals surface area (Å²) >= 11 is 0. The fourth-order valence-corrected chi connectivity index (χ4v) is 4.17. The summed E-state index contributed by atoms with van der Waals surface area (Å²) in [6.07, 6.45) is 1.21. The lowest BCUT2D eigenvalue weighted by molar-refractivity contribution is -0.167. The minimum atomic E-state index is -0.645. The van der Waals surface area contributed by atoms with Crippen LogP contribution in [0.2, 0.25) is 0 Å². The molecule has 0 aromatic heterocycles. The average Bonchev–Trinajstić information content (AvgIpc) is 3.41. The van der Waals surface area contributed by atoms with Gasteiger partial charge in [-0.2, -0.15) is 0 Å². The van der Waals surface area contributed by atoms with Crippen LogP contribution in [0, 0.1) is 11.6 Å². The lowest BCUT2D eigenvalue weighted by Gasteiger charge is -2.40. The largest absolute Gasteiger partial charge is 0.497 e. The number of carbonyl (C=O) groups is 2. The van der Waals surface area contributed by atoms with Crippen LogP contribution in [0.4, 0.5) is 14.5 Å². The molecule has 3 aromatic rings. The van der Waals surface area contributed by atoms with Crippen molar-refractivity contribution in [3.63, 3.8) is 0 Å². The number of rotatable bonds is 5. The maximum Gasteiger partial charge on any atom is 0.230 e. The molecule has 190 valence electrons. The Morgan fingerprint density at radius 3 is 1.92 bits per heavy atom. The van der Waals surface area contributed by atoms with Crippen molar-refractivity contribution in [2.45, 2.75) is 31.6 Å². The lowest BCUT2D eigenvalue weighted by Crippen LogP contribution is -2.46. The fraction of sp³-hybridized carbons (Fsp3) is 0.286. The van der Waals surface area contributed by atoms with Gasteiger partial charge in [-0.05, 0) is 54.1 Å². The van der Waals surface area contributed by atoms with Crippen molar-refractivity contribution in [2.24, 2.45) is 0 Å². The number of carbonyl (C=O) groups excluding carboxylic acids is 2. The number of ether oxygens (including phenoxy) is 3. The minimum absolute atomic E-state index is 0.0128. The minimum Gasteiger partial charge on any atom is -0.497 e. The quantitative estimate of drug-likeness (QED) is 0.432. The molecule has 2 heterocycles.